The van der Waals surface area contributed by atoms with Crippen LogP contribution in [0.25, 0.3) is 0 Å². The second-order valence-electron chi connectivity index (χ2n) is 2.74. The average molecular weight is 172 g/mol. The van der Waals surface area contributed by atoms with Crippen molar-refractivity contribution < 1.29 is 0 Å². The summed E-state index contributed by atoms with van der Waals surface area (Å²) < 4.78 is 0. The van der Waals surface area contributed by atoms with Crippen LogP contribution in [0.1, 0.15) is 46.0 Å². The molecule has 0 N–H and O–H groups in total. The van der Waals surface area contributed by atoms with Crippen LogP contribution in [0.4, 0.5) is 0 Å². The predicted molar refractivity (Wildman–Crippen MR) is 56.0 cm³/mol. The van der Waals surface area contributed by atoms with Gasteiger partial charge in [0.2, 0.25) is 0 Å². The molecule has 0 bridgehead atoms. The summed E-state index contributed by atoms with van der Waals surface area (Å²) in [5, 5.41) is 2.25. The molecule has 66 valence electrons. The van der Waals surface area contributed by atoms with E-state index in [1.165, 1.54) is 37.9 Å². The topological polar surface area (TPSA) is 0 Å². The van der Waals surface area contributed by atoms with Gasteiger partial charge in [0.15, 0.2) is 0 Å². The van der Waals surface area contributed by atoms with E-state index < -0.39 is 0 Å². The number of allylic oxidation sites excluding steroid dienone is 1. The molecular formula is C10H20S. The third-order valence-electron chi connectivity index (χ3n) is 1.49. The van der Waals surface area contributed by atoms with Gasteiger partial charge in [0.25, 0.3) is 0 Å². The molecule has 0 saturated heterocycles. The third kappa shape index (κ3) is 10.1. The van der Waals surface area contributed by atoms with Gasteiger partial charge in [-0.2, -0.15) is 0 Å². The maximum atomic E-state index is 2.30. The smallest absolute Gasteiger partial charge is 0.00287 e. The molecule has 0 spiro atoms. The number of hydrogen-bond donors (Lipinski definition) is 0. The Morgan fingerprint density at radius 2 is 1.91 bits per heavy atom. The van der Waals surface area contributed by atoms with Crippen LogP contribution in [0.3, 0.4) is 0 Å². The first kappa shape index (κ1) is 11.1. The summed E-state index contributed by atoms with van der Waals surface area (Å²) in [5.41, 5.74) is 0. The Kier molecular flexibility index (Phi) is 10.2. The Morgan fingerprint density at radius 3 is 2.55 bits per heavy atom. The lowest BCUT2D eigenvalue weighted by Crippen LogP contribution is -1.71. The summed E-state index contributed by atoms with van der Waals surface area (Å²) in [6.07, 6.45) is 8.92. The minimum atomic E-state index is 1.27. The average Bonchev–Trinajstić information content (AvgIpc) is 2.03. The predicted octanol–water partition coefficient (Wildman–Crippen LogP) is 4.22. The standard InChI is InChI=1S/C10H20S/c1-3-5-6-7-8-10-11-9-4-2/h8,10H,3-7,9H2,1-2H3. The Morgan fingerprint density at radius 1 is 1.09 bits per heavy atom. The molecule has 0 aromatic rings. The molecule has 0 heterocycles. The lowest BCUT2D eigenvalue weighted by atomic mass is 10.2. The van der Waals surface area contributed by atoms with Gasteiger partial charge in [-0.3, -0.25) is 0 Å². The van der Waals surface area contributed by atoms with Crippen molar-refractivity contribution in [1.82, 2.24) is 0 Å². The summed E-state index contributed by atoms with van der Waals surface area (Å²) in [6.45, 7) is 4.47. The van der Waals surface area contributed by atoms with Crippen LogP contribution in [0.2, 0.25) is 0 Å². The summed E-state index contributed by atoms with van der Waals surface area (Å²) >= 11 is 1.93. The molecule has 0 nitrogen and oxygen atoms in total. The first-order valence-electron chi connectivity index (χ1n) is 4.68. The zero-order chi connectivity index (χ0) is 8.36. The lowest BCUT2D eigenvalue weighted by molar-refractivity contribution is 0.729. The highest BCUT2D eigenvalue weighted by atomic mass is 32.2. The highest BCUT2D eigenvalue weighted by molar-refractivity contribution is 8.02. The summed E-state index contributed by atoms with van der Waals surface area (Å²) in [5.74, 6) is 1.27. The van der Waals surface area contributed by atoms with Crippen molar-refractivity contribution in [2.24, 2.45) is 0 Å². The SMILES string of the molecule is CCCCCC=CSCCC. The minimum absolute atomic E-state index is 1.27. The van der Waals surface area contributed by atoms with Gasteiger partial charge in [0.05, 0.1) is 0 Å². The normalized spacial score (nSPS) is 11.1. The molecule has 11 heavy (non-hydrogen) atoms. The van der Waals surface area contributed by atoms with Crippen LogP contribution >= 0.6 is 11.8 Å². The van der Waals surface area contributed by atoms with Crippen LogP contribution in [-0.2, 0) is 0 Å². The molecule has 0 rings (SSSR count). The molecule has 0 saturated carbocycles. The number of unbranched alkanes of at least 4 members (excludes halogenated alkanes) is 3. The van der Waals surface area contributed by atoms with E-state index >= 15 is 0 Å². The van der Waals surface area contributed by atoms with Crippen LogP contribution in [0.5, 0.6) is 0 Å². The van der Waals surface area contributed by atoms with Crippen molar-refractivity contribution in [3.63, 3.8) is 0 Å². The van der Waals surface area contributed by atoms with Gasteiger partial charge < -0.3 is 0 Å². The van der Waals surface area contributed by atoms with Crippen molar-refractivity contribution in [1.29, 1.82) is 0 Å². The van der Waals surface area contributed by atoms with E-state index in [-0.39, 0.29) is 0 Å². The van der Waals surface area contributed by atoms with E-state index in [1.54, 1.807) is 0 Å². The second-order valence-corrected chi connectivity index (χ2v) is 3.75. The van der Waals surface area contributed by atoms with E-state index in [1.807, 2.05) is 11.8 Å². The zero-order valence-corrected chi connectivity index (χ0v) is 8.62. The molecule has 0 fully saturated rings. The Labute approximate surface area is 75.5 Å². The van der Waals surface area contributed by atoms with E-state index in [2.05, 4.69) is 25.3 Å². The fourth-order valence-electron chi connectivity index (χ4n) is 0.834. The fraction of sp³-hybridized carbons (Fsp3) is 0.800. The van der Waals surface area contributed by atoms with Gasteiger partial charge in [-0.1, -0.05) is 32.8 Å². The molecule has 0 radical (unpaired) electrons. The molecule has 0 atom stereocenters. The van der Waals surface area contributed by atoms with Crippen molar-refractivity contribution in [2.45, 2.75) is 46.0 Å². The van der Waals surface area contributed by atoms with E-state index in [4.69, 9.17) is 0 Å². The van der Waals surface area contributed by atoms with Crippen LogP contribution in [0, 0.1) is 0 Å². The summed E-state index contributed by atoms with van der Waals surface area (Å²) in [6, 6.07) is 0. The highest BCUT2D eigenvalue weighted by Gasteiger charge is 1.81. The zero-order valence-electron chi connectivity index (χ0n) is 7.81. The van der Waals surface area contributed by atoms with E-state index in [0.29, 0.717) is 0 Å². The second kappa shape index (κ2) is 10.1. The molecule has 0 aromatic carbocycles. The molecule has 0 unspecified atom stereocenters. The van der Waals surface area contributed by atoms with Gasteiger partial charge in [0, 0.05) is 0 Å². The molecule has 0 amide bonds. The van der Waals surface area contributed by atoms with Crippen molar-refractivity contribution in [3.8, 4) is 0 Å². The summed E-state index contributed by atoms with van der Waals surface area (Å²) in [4.78, 5) is 0. The van der Waals surface area contributed by atoms with Crippen LogP contribution < -0.4 is 0 Å². The Balaban J connectivity index is 2.91. The van der Waals surface area contributed by atoms with Crippen molar-refractivity contribution >= 4 is 11.8 Å². The number of hydrogen-bond acceptors (Lipinski definition) is 1. The van der Waals surface area contributed by atoms with Crippen molar-refractivity contribution in [2.75, 3.05) is 5.75 Å². The lowest BCUT2D eigenvalue weighted by Gasteiger charge is -1.91. The fourth-order valence-corrected chi connectivity index (χ4v) is 1.48. The maximum Gasteiger partial charge on any atom is -0.00287 e. The monoisotopic (exact) mass is 172 g/mol. The first-order chi connectivity index (χ1) is 5.41. The van der Waals surface area contributed by atoms with Crippen LogP contribution in [-0.4, -0.2) is 5.75 Å². The minimum Gasteiger partial charge on any atom is -0.134 e. The van der Waals surface area contributed by atoms with Gasteiger partial charge in [-0.05, 0) is 30.4 Å². The van der Waals surface area contributed by atoms with Crippen molar-refractivity contribution in [3.05, 3.63) is 11.5 Å². The van der Waals surface area contributed by atoms with Gasteiger partial charge >= 0.3 is 0 Å². The third-order valence-corrected chi connectivity index (χ3v) is 2.52. The van der Waals surface area contributed by atoms with Gasteiger partial charge in [-0.15, -0.1) is 11.8 Å². The molecule has 1 heteroatoms. The first-order valence-corrected chi connectivity index (χ1v) is 5.73. The molecule has 0 aliphatic carbocycles. The molecular weight excluding hydrogens is 152 g/mol. The quantitative estimate of drug-likeness (QED) is 0.518. The number of rotatable bonds is 7. The molecule has 0 aliphatic heterocycles. The van der Waals surface area contributed by atoms with Crippen LogP contribution in [0.15, 0.2) is 11.5 Å². The maximum absolute atomic E-state index is 2.30. The Bertz CT molecular complexity index is 86.9. The molecule has 0 aliphatic rings. The largest absolute Gasteiger partial charge is 0.134 e. The van der Waals surface area contributed by atoms with E-state index in [9.17, 15) is 0 Å². The number of thioether (sulfide) groups is 1. The van der Waals surface area contributed by atoms with Gasteiger partial charge in [-0.25, -0.2) is 0 Å². The highest BCUT2D eigenvalue weighted by Crippen LogP contribution is 2.06. The van der Waals surface area contributed by atoms with Gasteiger partial charge in [0.1, 0.15) is 0 Å². The molecule has 0 aromatic heterocycles. The van der Waals surface area contributed by atoms with E-state index in [0.717, 1.165) is 0 Å². The Hall–Kier alpha value is 0.0900. The summed E-state index contributed by atoms with van der Waals surface area (Å²) in [7, 11) is 0.